The normalized spacial score (nSPS) is 12.2. The van der Waals surface area contributed by atoms with Gasteiger partial charge in [0, 0.05) is 31.5 Å². The quantitative estimate of drug-likeness (QED) is 0.712. The molecular formula is C12H22N4O. The molecule has 0 saturated carbocycles. The molecule has 0 saturated heterocycles. The van der Waals surface area contributed by atoms with Crippen LogP contribution in [0.3, 0.4) is 0 Å². The molecule has 0 fully saturated rings. The fourth-order valence-electron chi connectivity index (χ4n) is 1.33. The molecule has 0 aliphatic heterocycles. The van der Waals surface area contributed by atoms with Gasteiger partial charge in [-0.05, 0) is 20.3 Å². The third kappa shape index (κ3) is 4.99. The van der Waals surface area contributed by atoms with E-state index in [-0.39, 0.29) is 0 Å². The highest BCUT2D eigenvalue weighted by Crippen LogP contribution is 2.10. The molecule has 17 heavy (non-hydrogen) atoms. The molecular weight excluding hydrogens is 216 g/mol. The maximum atomic E-state index is 4.98. The lowest BCUT2D eigenvalue weighted by Crippen LogP contribution is -2.17. The van der Waals surface area contributed by atoms with Gasteiger partial charge in [0.1, 0.15) is 5.82 Å². The van der Waals surface area contributed by atoms with Crippen LogP contribution in [0.1, 0.15) is 26.0 Å². The average molecular weight is 238 g/mol. The van der Waals surface area contributed by atoms with Gasteiger partial charge in [-0.2, -0.15) is 4.98 Å². The third-order valence-electron chi connectivity index (χ3n) is 2.45. The highest BCUT2D eigenvalue weighted by molar-refractivity contribution is 5.42. The van der Waals surface area contributed by atoms with Gasteiger partial charge >= 0.3 is 0 Å². The largest absolute Gasteiger partial charge is 0.383 e. The first-order valence-electron chi connectivity index (χ1n) is 6.00. The number of aromatic nitrogens is 2. The van der Waals surface area contributed by atoms with Crippen molar-refractivity contribution in [3.05, 3.63) is 11.8 Å². The Hall–Kier alpha value is -1.36. The molecule has 96 valence electrons. The Morgan fingerprint density at radius 2 is 2.18 bits per heavy atom. The van der Waals surface area contributed by atoms with Crippen LogP contribution >= 0.6 is 0 Å². The van der Waals surface area contributed by atoms with Crippen molar-refractivity contribution in [2.24, 2.45) is 0 Å². The van der Waals surface area contributed by atoms with E-state index in [0.29, 0.717) is 18.6 Å². The first kappa shape index (κ1) is 13.7. The number of aryl methyl sites for hydroxylation is 1. The first-order valence-corrected chi connectivity index (χ1v) is 6.00. The van der Waals surface area contributed by atoms with Crippen molar-refractivity contribution in [1.29, 1.82) is 0 Å². The van der Waals surface area contributed by atoms with Crippen molar-refractivity contribution in [2.45, 2.75) is 33.2 Å². The summed E-state index contributed by atoms with van der Waals surface area (Å²) in [6.45, 7) is 7.62. The molecule has 5 nitrogen and oxygen atoms in total. The Morgan fingerprint density at radius 1 is 1.41 bits per heavy atom. The minimum absolute atomic E-state index is 0.378. The Balaban J connectivity index is 2.65. The van der Waals surface area contributed by atoms with Crippen LogP contribution in [-0.4, -0.2) is 36.3 Å². The molecule has 0 aliphatic rings. The molecule has 1 unspecified atom stereocenters. The zero-order chi connectivity index (χ0) is 12.7. The van der Waals surface area contributed by atoms with Crippen LogP contribution in [0, 0.1) is 6.92 Å². The van der Waals surface area contributed by atoms with Crippen LogP contribution in [0.4, 0.5) is 11.8 Å². The van der Waals surface area contributed by atoms with E-state index < -0.39 is 0 Å². The predicted molar refractivity (Wildman–Crippen MR) is 70.5 cm³/mol. The van der Waals surface area contributed by atoms with E-state index in [2.05, 4.69) is 34.4 Å². The number of ether oxygens (including phenoxy) is 1. The molecule has 5 heteroatoms. The molecule has 1 rings (SSSR count). The standard InChI is InChI=1S/C12H22N4O/c1-5-9(2)14-12-15-10(3)8-11(16-12)13-6-7-17-4/h8-9H,5-7H2,1-4H3,(H2,13,14,15,16). The third-order valence-corrected chi connectivity index (χ3v) is 2.45. The zero-order valence-electron chi connectivity index (χ0n) is 11.1. The van der Waals surface area contributed by atoms with Gasteiger partial charge in [-0.1, -0.05) is 6.92 Å². The second-order valence-electron chi connectivity index (χ2n) is 4.09. The molecule has 2 N–H and O–H groups in total. The Labute approximate surface area is 103 Å². The molecule has 0 aliphatic carbocycles. The first-order chi connectivity index (χ1) is 8.15. The summed E-state index contributed by atoms with van der Waals surface area (Å²) < 4.78 is 4.98. The fourth-order valence-corrected chi connectivity index (χ4v) is 1.33. The minimum Gasteiger partial charge on any atom is -0.383 e. The number of nitrogens with one attached hydrogen (secondary N) is 2. The van der Waals surface area contributed by atoms with Gasteiger partial charge in [0.05, 0.1) is 6.61 Å². The molecule has 0 amide bonds. The Bertz CT molecular complexity index is 343. The van der Waals surface area contributed by atoms with Gasteiger partial charge in [0.25, 0.3) is 0 Å². The Morgan fingerprint density at radius 3 is 2.82 bits per heavy atom. The number of rotatable bonds is 7. The van der Waals surface area contributed by atoms with E-state index in [1.54, 1.807) is 7.11 Å². The van der Waals surface area contributed by atoms with Crippen molar-refractivity contribution >= 4 is 11.8 Å². The summed E-state index contributed by atoms with van der Waals surface area (Å²) in [6.07, 6.45) is 1.05. The second-order valence-corrected chi connectivity index (χ2v) is 4.09. The van der Waals surface area contributed by atoms with Crippen LogP contribution in [0.25, 0.3) is 0 Å². The molecule has 0 radical (unpaired) electrons. The maximum absolute atomic E-state index is 4.98. The molecule has 1 atom stereocenters. The predicted octanol–water partition coefficient (Wildman–Crippen LogP) is 2.05. The van der Waals surface area contributed by atoms with E-state index >= 15 is 0 Å². The summed E-state index contributed by atoms with van der Waals surface area (Å²) in [5, 5.41) is 6.47. The lowest BCUT2D eigenvalue weighted by atomic mass is 10.3. The van der Waals surface area contributed by atoms with Crippen molar-refractivity contribution in [2.75, 3.05) is 30.9 Å². The lowest BCUT2D eigenvalue weighted by molar-refractivity contribution is 0.210. The Kier molecular flexibility index (Phi) is 5.69. The summed E-state index contributed by atoms with van der Waals surface area (Å²) in [7, 11) is 1.68. The molecule has 0 aromatic carbocycles. The number of anilines is 2. The SMILES string of the molecule is CCC(C)Nc1nc(C)cc(NCCOC)n1. The summed E-state index contributed by atoms with van der Waals surface area (Å²) in [4.78, 5) is 8.76. The van der Waals surface area contributed by atoms with Gasteiger partial charge in [-0.3, -0.25) is 0 Å². The van der Waals surface area contributed by atoms with E-state index in [1.165, 1.54) is 0 Å². The van der Waals surface area contributed by atoms with Crippen molar-refractivity contribution < 1.29 is 4.74 Å². The van der Waals surface area contributed by atoms with E-state index in [4.69, 9.17) is 4.74 Å². The topological polar surface area (TPSA) is 59.1 Å². The number of methoxy groups -OCH3 is 1. The minimum atomic E-state index is 0.378. The van der Waals surface area contributed by atoms with Gasteiger partial charge in [0.15, 0.2) is 0 Å². The number of hydrogen-bond donors (Lipinski definition) is 2. The summed E-state index contributed by atoms with van der Waals surface area (Å²) in [6, 6.07) is 2.31. The number of hydrogen-bond acceptors (Lipinski definition) is 5. The monoisotopic (exact) mass is 238 g/mol. The van der Waals surface area contributed by atoms with Crippen LogP contribution in [-0.2, 0) is 4.74 Å². The van der Waals surface area contributed by atoms with Crippen molar-refractivity contribution in [1.82, 2.24) is 9.97 Å². The van der Waals surface area contributed by atoms with Crippen molar-refractivity contribution in [3.63, 3.8) is 0 Å². The van der Waals surface area contributed by atoms with Crippen LogP contribution in [0.2, 0.25) is 0 Å². The van der Waals surface area contributed by atoms with Crippen LogP contribution < -0.4 is 10.6 Å². The maximum Gasteiger partial charge on any atom is 0.225 e. The lowest BCUT2D eigenvalue weighted by Gasteiger charge is -2.13. The highest BCUT2D eigenvalue weighted by atomic mass is 16.5. The van der Waals surface area contributed by atoms with Crippen molar-refractivity contribution in [3.8, 4) is 0 Å². The van der Waals surface area contributed by atoms with Crippen LogP contribution in [0.5, 0.6) is 0 Å². The molecule has 1 aromatic rings. The van der Waals surface area contributed by atoms with E-state index in [1.807, 2.05) is 13.0 Å². The molecule has 1 aromatic heterocycles. The van der Waals surface area contributed by atoms with Gasteiger partial charge in [0.2, 0.25) is 5.95 Å². The average Bonchev–Trinajstić information content (AvgIpc) is 2.28. The highest BCUT2D eigenvalue weighted by Gasteiger charge is 2.04. The fraction of sp³-hybridized carbons (Fsp3) is 0.667. The summed E-state index contributed by atoms with van der Waals surface area (Å²) in [5.41, 5.74) is 0.950. The van der Waals surface area contributed by atoms with Crippen LogP contribution in [0.15, 0.2) is 6.07 Å². The number of nitrogens with zero attached hydrogens (tertiary/aromatic N) is 2. The molecule has 1 heterocycles. The van der Waals surface area contributed by atoms with Gasteiger partial charge in [-0.25, -0.2) is 4.98 Å². The van der Waals surface area contributed by atoms with Gasteiger partial charge in [-0.15, -0.1) is 0 Å². The molecule has 0 bridgehead atoms. The second kappa shape index (κ2) is 7.06. The smallest absolute Gasteiger partial charge is 0.225 e. The summed E-state index contributed by atoms with van der Waals surface area (Å²) >= 11 is 0. The van der Waals surface area contributed by atoms with E-state index in [0.717, 1.165) is 24.5 Å². The molecule has 0 spiro atoms. The zero-order valence-corrected chi connectivity index (χ0v) is 11.1. The summed E-state index contributed by atoms with van der Waals surface area (Å²) in [5.74, 6) is 1.51. The van der Waals surface area contributed by atoms with Gasteiger partial charge < -0.3 is 15.4 Å². The van der Waals surface area contributed by atoms with E-state index in [9.17, 15) is 0 Å².